The zero-order chi connectivity index (χ0) is 10.1. The van der Waals surface area contributed by atoms with Crippen molar-refractivity contribution in [2.45, 2.75) is 13.3 Å². The van der Waals surface area contributed by atoms with Crippen molar-refractivity contribution in [2.24, 2.45) is 11.3 Å². The van der Waals surface area contributed by atoms with Crippen molar-refractivity contribution in [3.63, 3.8) is 0 Å². The monoisotopic (exact) mass is 332 g/mol. The molecule has 0 aromatic carbocycles. The Hall–Kier alpha value is 0.910. The van der Waals surface area contributed by atoms with Crippen molar-refractivity contribution in [1.82, 2.24) is 0 Å². The first kappa shape index (κ1) is 12.0. The highest BCUT2D eigenvalue weighted by atomic mass is 79.9. The van der Waals surface area contributed by atoms with Gasteiger partial charge in [-0.05, 0) is 17.8 Å². The van der Waals surface area contributed by atoms with Crippen molar-refractivity contribution in [3.8, 4) is 0 Å². The molecule has 1 saturated heterocycles. The Morgan fingerprint density at radius 3 is 2.23 bits per heavy atom. The van der Waals surface area contributed by atoms with Crippen LogP contribution in [0.15, 0.2) is 0 Å². The van der Waals surface area contributed by atoms with Gasteiger partial charge in [-0.3, -0.25) is 0 Å². The smallest absolute Gasteiger partial charge is 0.150 e. The van der Waals surface area contributed by atoms with Gasteiger partial charge in [0.1, 0.15) is 0 Å². The van der Waals surface area contributed by atoms with E-state index >= 15 is 0 Å². The minimum Gasteiger partial charge on any atom is -0.229 e. The molecule has 1 aliphatic rings. The van der Waals surface area contributed by atoms with E-state index in [-0.39, 0.29) is 5.41 Å². The topological polar surface area (TPSA) is 34.1 Å². The first-order chi connectivity index (χ1) is 5.93. The lowest BCUT2D eigenvalue weighted by molar-refractivity contribution is 0.287. The van der Waals surface area contributed by atoms with Crippen LogP contribution < -0.4 is 0 Å². The molecule has 0 N–H and O–H groups in total. The van der Waals surface area contributed by atoms with Gasteiger partial charge in [-0.25, -0.2) is 8.42 Å². The van der Waals surface area contributed by atoms with Gasteiger partial charge in [0.25, 0.3) is 0 Å². The molecular weight excluding hydrogens is 320 g/mol. The second kappa shape index (κ2) is 4.19. The van der Waals surface area contributed by atoms with Gasteiger partial charge in [-0.2, -0.15) is 0 Å². The molecule has 0 spiro atoms. The Kier molecular flexibility index (Phi) is 3.86. The molecule has 0 amide bonds. The average Bonchev–Trinajstić information content (AvgIpc) is 2.45. The predicted octanol–water partition coefficient (Wildman–Crippen LogP) is 2.22. The van der Waals surface area contributed by atoms with E-state index in [2.05, 4.69) is 38.8 Å². The number of hydrogen-bond donors (Lipinski definition) is 0. The minimum absolute atomic E-state index is 0.0730. The van der Waals surface area contributed by atoms with Crippen LogP contribution in [0.2, 0.25) is 0 Å². The second-order valence-electron chi connectivity index (χ2n) is 4.02. The first-order valence-electron chi connectivity index (χ1n) is 4.26. The van der Waals surface area contributed by atoms with Crippen LogP contribution in [0.5, 0.6) is 0 Å². The Bertz CT molecular complexity index is 270. The largest absolute Gasteiger partial charge is 0.229 e. The fourth-order valence-electron chi connectivity index (χ4n) is 1.60. The summed E-state index contributed by atoms with van der Waals surface area (Å²) >= 11 is 6.91. The molecule has 1 unspecified atom stereocenters. The van der Waals surface area contributed by atoms with Crippen LogP contribution in [0.3, 0.4) is 0 Å². The lowest BCUT2D eigenvalue weighted by atomic mass is 9.80. The van der Waals surface area contributed by atoms with E-state index in [1.54, 1.807) is 0 Å². The summed E-state index contributed by atoms with van der Waals surface area (Å²) in [5.41, 5.74) is 0.0730. The lowest BCUT2D eigenvalue weighted by Gasteiger charge is -2.30. The van der Waals surface area contributed by atoms with Crippen LogP contribution in [0, 0.1) is 11.3 Å². The lowest BCUT2D eigenvalue weighted by Crippen LogP contribution is -2.31. The van der Waals surface area contributed by atoms with Crippen molar-refractivity contribution in [1.29, 1.82) is 0 Å². The molecule has 0 aliphatic carbocycles. The van der Waals surface area contributed by atoms with E-state index in [9.17, 15) is 8.42 Å². The normalized spacial score (nSPS) is 27.8. The quantitative estimate of drug-likeness (QED) is 0.742. The molecule has 78 valence electrons. The first-order valence-corrected chi connectivity index (χ1v) is 8.32. The second-order valence-corrected chi connectivity index (χ2v) is 7.37. The number of hydrogen-bond acceptors (Lipinski definition) is 2. The van der Waals surface area contributed by atoms with Gasteiger partial charge in [0, 0.05) is 10.7 Å². The zero-order valence-corrected chi connectivity index (χ0v) is 11.6. The third kappa shape index (κ3) is 2.69. The molecular formula is C8H14Br2O2S. The molecule has 1 atom stereocenters. The maximum absolute atomic E-state index is 11.3. The highest BCUT2D eigenvalue weighted by Crippen LogP contribution is 2.38. The van der Waals surface area contributed by atoms with E-state index in [0.29, 0.717) is 17.4 Å². The number of alkyl halides is 2. The molecule has 0 saturated carbocycles. The van der Waals surface area contributed by atoms with Crippen LogP contribution in [-0.4, -0.2) is 30.6 Å². The molecule has 1 heterocycles. The highest BCUT2D eigenvalue weighted by Gasteiger charge is 2.40. The van der Waals surface area contributed by atoms with E-state index in [1.165, 1.54) is 0 Å². The van der Waals surface area contributed by atoms with Gasteiger partial charge in [0.2, 0.25) is 0 Å². The van der Waals surface area contributed by atoms with Crippen LogP contribution in [0.1, 0.15) is 13.3 Å². The number of sulfone groups is 1. The molecule has 0 aromatic rings. The zero-order valence-electron chi connectivity index (χ0n) is 7.59. The third-order valence-electron chi connectivity index (χ3n) is 2.83. The maximum atomic E-state index is 11.3. The van der Waals surface area contributed by atoms with Crippen molar-refractivity contribution in [2.75, 3.05) is 22.2 Å². The fraction of sp³-hybridized carbons (Fsp3) is 1.00. The molecule has 1 rings (SSSR count). The van der Waals surface area contributed by atoms with E-state index in [1.807, 2.05) is 0 Å². The van der Waals surface area contributed by atoms with Crippen molar-refractivity contribution in [3.05, 3.63) is 0 Å². The average molecular weight is 334 g/mol. The maximum Gasteiger partial charge on any atom is 0.150 e. The summed E-state index contributed by atoms with van der Waals surface area (Å²) in [7, 11) is -2.74. The molecule has 0 radical (unpaired) electrons. The summed E-state index contributed by atoms with van der Waals surface area (Å²) in [6, 6.07) is 0. The summed E-state index contributed by atoms with van der Waals surface area (Å²) in [5.74, 6) is 1.03. The predicted molar refractivity (Wildman–Crippen MR) is 62.5 cm³/mol. The molecule has 5 heteroatoms. The molecule has 0 bridgehead atoms. The summed E-state index contributed by atoms with van der Waals surface area (Å²) in [4.78, 5) is 0. The van der Waals surface area contributed by atoms with Gasteiger partial charge in [0.15, 0.2) is 9.84 Å². The Morgan fingerprint density at radius 1 is 1.38 bits per heavy atom. The summed E-state index contributed by atoms with van der Waals surface area (Å²) in [6.07, 6.45) is 0.816. The Balaban J connectivity index is 2.75. The van der Waals surface area contributed by atoms with E-state index in [4.69, 9.17) is 0 Å². The molecule has 13 heavy (non-hydrogen) atoms. The SMILES string of the molecule is CC(CBr)(CBr)C1CCS(=O)(=O)C1. The van der Waals surface area contributed by atoms with Gasteiger partial charge in [0.05, 0.1) is 11.5 Å². The Labute approximate surface area is 96.6 Å². The highest BCUT2D eigenvalue weighted by molar-refractivity contribution is 9.09. The van der Waals surface area contributed by atoms with Gasteiger partial charge >= 0.3 is 0 Å². The van der Waals surface area contributed by atoms with Crippen LogP contribution in [0.4, 0.5) is 0 Å². The summed E-state index contributed by atoms with van der Waals surface area (Å²) in [5, 5.41) is 1.71. The van der Waals surface area contributed by atoms with Crippen LogP contribution in [-0.2, 0) is 9.84 Å². The molecule has 0 aromatic heterocycles. The van der Waals surface area contributed by atoms with Crippen LogP contribution >= 0.6 is 31.9 Å². The number of halogens is 2. The van der Waals surface area contributed by atoms with Crippen LogP contribution in [0.25, 0.3) is 0 Å². The number of rotatable bonds is 3. The van der Waals surface area contributed by atoms with E-state index in [0.717, 1.165) is 17.1 Å². The fourth-order valence-corrected chi connectivity index (χ4v) is 5.44. The molecule has 1 fully saturated rings. The van der Waals surface area contributed by atoms with Crippen molar-refractivity contribution >= 4 is 41.7 Å². The molecule has 1 aliphatic heterocycles. The standard InChI is InChI=1S/C8H14Br2O2S/c1-8(5-9,6-10)7-2-3-13(11,12)4-7/h7H,2-6H2,1H3. The third-order valence-corrected chi connectivity index (χ3v) is 7.16. The van der Waals surface area contributed by atoms with Gasteiger partial charge < -0.3 is 0 Å². The van der Waals surface area contributed by atoms with Gasteiger partial charge in [-0.15, -0.1) is 0 Å². The van der Waals surface area contributed by atoms with Gasteiger partial charge in [-0.1, -0.05) is 38.8 Å². The minimum atomic E-state index is -2.74. The molecule has 2 nitrogen and oxygen atoms in total. The Morgan fingerprint density at radius 2 is 1.92 bits per heavy atom. The van der Waals surface area contributed by atoms with Crippen molar-refractivity contribution < 1.29 is 8.42 Å². The van der Waals surface area contributed by atoms with E-state index < -0.39 is 9.84 Å². The summed E-state index contributed by atoms with van der Waals surface area (Å²) in [6.45, 7) is 2.13. The summed E-state index contributed by atoms with van der Waals surface area (Å²) < 4.78 is 22.6.